The van der Waals surface area contributed by atoms with Crippen LogP contribution in [0.1, 0.15) is 40.3 Å². The summed E-state index contributed by atoms with van der Waals surface area (Å²) in [4.78, 5) is 30.5. The number of aryl methyl sites for hydroxylation is 1. The highest BCUT2D eigenvalue weighted by Crippen LogP contribution is 2.27. The van der Waals surface area contributed by atoms with Crippen molar-refractivity contribution >= 4 is 23.2 Å². The zero-order valence-corrected chi connectivity index (χ0v) is 17.0. The second-order valence-corrected chi connectivity index (χ2v) is 7.46. The van der Waals surface area contributed by atoms with Gasteiger partial charge in [-0.25, -0.2) is 4.39 Å². The maximum atomic E-state index is 14.6. The number of amides is 2. The molecule has 6 nitrogen and oxygen atoms in total. The summed E-state index contributed by atoms with van der Waals surface area (Å²) in [5, 5.41) is 2.76. The topological polar surface area (TPSA) is 67.2 Å². The van der Waals surface area contributed by atoms with Gasteiger partial charge in [-0.15, -0.1) is 0 Å². The van der Waals surface area contributed by atoms with Crippen molar-refractivity contribution in [2.24, 2.45) is 0 Å². The summed E-state index contributed by atoms with van der Waals surface area (Å²) in [6.07, 6.45) is 2.90. The molecule has 1 aliphatic heterocycles. The highest BCUT2D eigenvalue weighted by Gasteiger charge is 2.24. The first kappa shape index (κ1) is 19.8. The van der Waals surface area contributed by atoms with Gasteiger partial charge >= 0.3 is 0 Å². The fourth-order valence-electron chi connectivity index (χ4n) is 3.83. The molecule has 1 aromatic carbocycles. The molecule has 1 N–H and O–H groups in total. The minimum absolute atomic E-state index is 0.0777. The standard InChI is InChI=1S/C23H23FN4O2/c1-15-12-19(16(2)28(15)14-18-6-3-4-10-25-18)23(30)26-17-8-9-21(20(24)13-17)27-11-5-7-22(27)29/h3-4,6,8-10,12-13H,5,7,11,14H2,1-2H3,(H,26,30). The smallest absolute Gasteiger partial charge is 0.257 e. The van der Waals surface area contributed by atoms with Crippen LogP contribution in [-0.2, 0) is 11.3 Å². The molecule has 4 rings (SSSR count). The number of hydrogen-bond acceptors (Lipinski definition) is 3. The first-order valence-electron chi connectivity index (χ1n) is 9.92. The van der Waals surface area contributed by atoms with Crippen LogP contribution in [0.4, 0.5) is 15.8 Å². The Hall–Kier alpha value is -3.48. The van der Waals surface area contributed by atoms with Crippen molar-refractivity contribution in [3.63, 3.8) is 0 Å². The van der Waals surface area contributed by atoms with Crippen LogP contribution >= 0.6 is 0 Å². The lowest BCUT2D eigenvalue weighted by Crippen LogP contribution is -2.24. The molecular formula is C23H23FN4O2. The molecule has 0 radical (unpaired) electrons. The minimum atomic E-state index is -0.524. The summed E-state index contributed by atoms with van der Waals surface area (Å²) < 4.78 is 16.6. The molecular weight excluding hydrogens is 383 g/mol. The van der Waals surface area contributed by atoms with Gasteiger partial charge in [-0.2, -0.15) is 0 Å². The fraction of sp³-hybridized carbons (Fsp3) is 0.261. The van der Waals surface area contributed by atoms with E-state index >= 15 is 0 Å². The van der Waals surface area contributed by atoms with E-state index in [1.54, 1.807) is 18.3 Å². The van der Waals surface area contributed by atoms with Crippen molar-refractivity contribution in [2.75, 3.05) is 16.8 Å². The van der Waals surface area contributed by atoms with Crippen LogP contribution in [0.15, 0.2) is 48.7 Å². The van der Waals surface area contributed by atoms with Crippen LogP contribution in [0.25, 0.3) is 0 Å². The number of nitrogens with one attached hydrogen (secondary N) is 1. The Kier molecular flexibility index (Phi) is 5.35. The number of aromatic nitrogens is 2. The van der Waals surface area contributed by atoms with Crippen LogP contribution < -0.4 is 10.2 Å². The summed E-state index contributed by atoms with van der Waals surface area (Å²) >= 11 is 0. The van der Waals surface area contributed by atoms with E-state index in [9.17, 15) is 14.0 Å². The van der Waals surface area contributed by atoms with Crippen molar-refractivity contribution in [3.05, 3.63) is 77.1 Å². The fourth-order valence-corrected chi connectivity index (χ4v) is 3.83. The second-order valence-electron chi connectivity index (χ2n) is 7.46. The second kappa shape index (κ2) is 8.10. The van der Waals surface area contributed by atoms with Gasteiger partial charge in [-0.3, -0.25) is 14.6 Å². The zero-order chi connectivity index (χ0) is 21.3. The number of benzene rings is 1. The van der Waals surface area contributed by atoms with Crippen LogP contribution in [0.3, 0.4) is 0 Å². The van der Waals surface area contributed by atoms with Gasteiger partial charge in [-0.1, -0.05) is 6.07 Å². The zero-order valence-electron chi connectivity index (χ0n) is 17.0. The monoisotopic (exact) mass is 406 g/mol. The molecule has 30 heavy (non-hydrogen) atoms. The average Bonchev–Trinajstić information content (AvgIpc) is 3.27. The van der Waals surface area contributed by atoms with E-state index in [1.807, 2.05) is 42.7 Å². The molecule has 3 aromatic rings. The average molecular weight is 406 g/mol. The van der Waals surface area contributed by atoms with Gasteiger partial charge in [0.2, 0.25) is 5.91 Å². The van der Waals surface area contributed by atoms with E-state index in [0.29, 0.717) is 30.8 Å². The summed E-state index contributed by atoms with van der Waals surface area (Å²) in [6.45, 7) is 4.91. The van der Waals surface area contributed by atoms with Crippen molar-refractivity contribution in [1.82, 2.24) is 9.55 Å². The van der Waals surface area contributed by atoms with E-state index in [0.717, 1.165) is 23.5 Å². The number of rotatable bonds is 5. The van der Waals surface area contributed by atoms with Gasteiger partial charge in [0.05, 0.1) is 23.5 Å². The largest absolute Gasteiger partial charge is 0.342 e. The molecule has 154 valence electrons. The molecule has 0 unspecified atom stereocenters. The Balaban J connectivity index is 1.52. The lowest BCUT2D eigenvalue weighted by Gasteiger charge is -2.17. The Bertz CT molecular complexity index is 1110. The number of nitrogens with zero attached hydrogens (tertiary/aromatic N) is 3. The lowest BCUT2D eigenvalue weighted by atomic mass is 10.2. The van der Waals surface area contributed by atoms with Crippen molar-refractivity contribution in [3.8, 4) is 0 Å². The minimum Gasteiger partial charge on any atom is -0.342 e. The van der Waals surface area contributed by atoms with Crippen LogP contribution in [-0.4, -0.2) is 27.9 Å². The molecule has 0 aliphatic carbocycles. The number of carbonyl (C=O) groups excluding carboxylic acids is 2. The number of halogens is 1. The normalized spacial score (nSPS) is 13.7. The van der Waals surface area contributed by atoms with Crippen LogP contribution in [0, 0.1) is 19.7 Å². The Labute approximate surface area is 174 Å². The molecule has 0 bridgehead atoms. The third kappa shape index (κ3) is 3.83. The summed E-state index contributed by atoms with van der Waals surface area (Å²) in [5.74, 6) is -0.908. The molecule has 0 saturated carbocycles. The number of carbonyl (C=O) groups is 2. The third-order valence-electron chi connectivity index (χ3n) is 5.43. The van der Waals surface area contributed by atoms with E-state index in [2.05, 4.69) is 10.3 Å². The molecule has 7 heteroatoms. The van der Waals surface area contributed by atoms with Gasteiger partial charge in [0.15, 0.2) is 0 Å². The maximum absolute atomic E-state index is 14.6. The highest BCUT2D eigenvalue weighted by atomic mass is 19.1. The molecule has 2 aromatic heterocycles. The van der Waals surface area contributed by atoms with Gasteiger partial charge < -0.3 is 14.8 Å². The molecule has 0 atom stereocenters. The maximum Gasteiger partial charge on any atom is 0.257 e. The van der Waals surface area contributed by atoms with E-state index in [1.165, 1.54) is 11.0 Å². The van der Waals surface area contributed by atoms with Crippen molar-refractivity contribution in [1.29, 1.82) is 0 Å². The Morgan fingerprint density at radius 1 is 1.20 bits per heavy atom. The quantitative estimate of drug-likeness (QED) is 0.695. The summed E-state index contributed by atoms with van der Waals surface area (Å²) in [7, 11) is 0. The van der Waals surface area contributed by atoms with E-state index in [-0.39, 0.29) is 17.5 Å². The van der Waals surface area contributed by atoms with Gasteiger partial charge in [0.1, 0.15) is 5.82 Å². The van der Waals surface area contributed by atoms with Crippen molar-refractivity contribution in [2.45, 2.75) is 33.2 Å². The Morgan fingerprint density at radius 3 is 2.70 bits per heavy atom. The summed E-state index contributed by atoms with van der Waals surface area (Å²) in [5.41, 5.74) is 3.79. The van der Waals surface area contributed by atoms with Crippen molar-refractivity contribution < 1.29 is 14.0 Å². The first-order chi connectivity index (χ1) is 14.4. The highest BCUT2D eigenvalue weighted by molar-refractivity contribution is 6.05. The number of anilines is 2. The molecule has 0 spiro atoms. The first-order valence-corrected chi connectivity index (χ1v) is 9.92. The summed E-state index contributed by atoms with van der Waals surface area (Å²) in [6, 6.07) is 12.0. The molecule has 2 amide bonds. The SMILES string of the molecule is Cc1cc(C(=O)Nc2ccc(N3CCCC3=O)c(F)c2)c(C)n1Cc1ccccn1. The molecule has 3 heterocycles. The Morgan fingerprint density at radius 2 is 2.03 bits per heavy atom. The predicted octanol–water partition coefficient (Wildman–Crippen LogP) is 4.07. The van der Waals surface area contributed by atoms with Gasteiger partial charge in [0.25, 0.3) is 5.91 Å². The van der Waals surface area contributed by atoms with E-state index < -0.39 is 5.82 Å². The number of pyridine rings is 1. The van der Waals surface area contributed by atoms with Gasteiger partial charge in [0, 0.05) is 36.2 Å². The molecule has 1 fully saturated rings. The van der Waals surface area contributed by atoms with Crippen LogP contribution in [0.2, 0.25) is 0 Å². The molecule has 1 saturated heterocycles. The predicted molar refractivity (Wildman–Crippen MR) is 113 cm³/mol. The van der Waals surface area contributed by atoms with E-state index in [4.69, 9.17) is 0 Å². The number of hydrogen-bond donors (Lipinski definition) is 1. The van der Waals surface area contributed by atoms with Crippen LogP contribution in [0.5, 0.6) is 0 Å². The molecule has 1 aliphatic rings. The van der Waals surface area contributed by atoms with Gasteiger partial charge in [-0.05, 0) is 56.7 Å². The lowest BCUT2D eigenvalue weighted by molar-refractivity contribution is -0.117. The third-order valence-corrected chi connectivity index (χ3v) is 5.43.